The van der Waals surface area contributed by atoms with Crippen molar-refractivity contribution in [2.24, 2.45) is 0 Å². The third-order valence-corrected chi connectivity index (χ3v) is 3.32. The summed E-state index contributed by atoms with van der Waals surface area (Å²) in [5.74, 6) is 0. The highest BCUT2D eigenvalue weighted by Crippen LogP contribution is 2.31. The van der Waals surface area contributed by atoms with Crippen molar-refractivity contribution in [3.63, 3.8) is 0 Å². The van der Waals surface area contributed by atoms with Crippen molar-refractivity contribution >= 4 is 11.4 Å². The number of fused-ring (bicyclic) bond motifs is 1. The fourth-order valence-electron chi connectivity index (χ4n) is 2.43. The van der Waals surface area contributed by atoms with Crippen LogP contribution < -0.4 is 10.6 Å². The average molecular weight is 235 g/mol. The van der Waals surface area contributed by atoms with E-state index in [4.69, 9.17) is 11.0 Å². The number of hydrogen-bond donors (Lipinski definition) is 1. The summed E-state index contributed by atoms with van der Waals surface area (Å²) in [4.78, 5) is 2.21. The summed E-state index contributed by atoms with van der Waals surface area (Å²) < 4.78 is 0. The second kappa shape index (κ2) is 4.08. The van der Waals surface area contributed by atoms with Gasteiger partial charge in [-0.05, 0) is 35.4 Å². The van der Waals surface area contributed by atoms with Gasteiger partial charge in [0.05, 0.1) is 11.3 Å². The largest absolute Gasteiger partial charge is 0.399 e. The van der Waals surface area contributed by atoms with Crippen LogP contribution in [0.2, 0.25) is 0 Å². The lowest BCUT2D eigenvalue weighted by atomic mass is 10.1. The quantitative estimate of drug-likeness (QED) is 0.773. The van der Waals surface area contributed by atoms with Gasteiger partial charge in [0.15, 0.2) is 0 Å². The standard InChI is InChI=1S/C15H13N3/c16-8-11-3-1-2-4-15(11)18-9-12-5-6-14(17)7-13(12)10-18/h1-7H,9-10,17H2. The van der Waals surface area contributed by atoms with Gasteiger partial charge in [0.1, 0.15) is 6.07 Å². The van der Waals surface area contributed by atoms with Crippen molar-refractivity contribution in [2.75, 3.05) is 10.6 Å². The Bertz CT molecular complexity index is 640. The van der Waals surface area contributed by atoms with Gasteiger partial charge in [0.25, 0.3) is 0 Å². The number of hydrogen-bond acceptors (Lipinski definition) is 3. The fourth-order valence-corrected chi connectivity index (χ4v) is 2.43. The molecule has 2 aromatic carbocycles. The summed E-state index contributed by atoms with van der Waals surface area (Å²) in [6.07, 6.45) is 0. The molecule has 0 unspecified atom stereocenters. The Morgan fingerprint density at radius 3 is 2.67 bits per heavy atom. The molecular weight excluding hydrogens is 222 g/mol. The van der Waals surface area contributed by atoms with Crippen molar-refractivity contribution < 1.29 is 0 Å². The minimum Gasteiger partial charge on any atom is -0.399 e. The van der Waals surface area contributed by atoms with Crippen LogP contribution in [0.25, 0.3) is 0 Å². The van der Waals surface area contributed by atoms with Gasteiger partial charge in [-0.25, -0.2) is 0 Å². The number of benzene rings is 2. The van der Waals surface area contributed by atoms with Crippen LogP contribution in [0.15, 0.2) is 42.5 Å². The number of nitrogens with two attached hydrogens (primary N) is 1. The summed E-state index contributed by atoms with van der Waals surface area (Å²) in [7, 11) is 0. The molecule has 0 saturated carbocycles. The molecule has 3 rings (SSSR count). The molecule has 0 fully saturated rings. The van der Waals surface area contributed by atoms with Gasteiger partial charge in [0, 0.05) is 18.8 Å². The normalized spacial score (nSPS) is 13.2. The van der Waals surface area contributed by atoms with Gasteiger partial charge in [-0.3, -0.25) is 0 Å². The van der Waals surface area contributed by atoms with Crippen molar-refractivity contribution in [3.8, 4) is 6.07 Å². The predicted octanol–water partition coefficient (Wildman–Crippen LogP) is 2.66. The Morgan fingerprint density at radius 2 is 1.83 bits per heavy atom. The third kappa shape index (κ3) is 1.68. The highest BCUT2D eigenvalue weighted by atomic mass is 15.1. The van der Waals surface area contributed by atoms with Gasteiger partial charge >= 0.3 is 0 Å². The molecule has 88 valence electrons. The minimum atomic E-state index is 0.721. The molecule has 0 bridgehead atoms. The first kappa shape index (κ1) is 10.7. The molecule has 18 heavy (non-hydrogen) atoms. The number of nitriles is 1. The highest BCUT2D eigenvalue weighted by molar-refractivity contribution is 5.62. The molecule has 0 spiro atoms. The number of para-hydroxylation sites is 1. The second-order valence-corrected chi connectivity index (χ2v) is 4.51. The Kier molecular flexibility index (Phi) is 2.42. The lowest BCUT2D eigenvalue weighted by molar-refractivity contribution is 0.878. The van der Waals surface area contributed by atoms with E-state index in [9.17, 15) is 0 Å². The van der Waals surface area contributed by atoms with Crippen molar-refractivity contribution in [3.05, 3.63) is 59.2 Å². The molecule has 2 aromatic rings. The van der Waals surface area contributed by atoms with Crippen LogP contribution in [0, 0.1) is 11.3 Å². The average Bonchev–Trinajstić information content (AvgIpc) is 2.81. The summed E-state index contributed by atoms with van der Waals surface area (Å²) in [6, 6.07) is 16.0. The van der Waals surface area contributed by atoms with Crippen LogP contribution >= 0.6 is 0 Å². The van der Waals surface area contributed by atoms with E-state index in [1.54, 1.807) is 0 Å². The molecule has 0 atom stereocenters. The molecule has 2 N–H and O–H groups in total. The van der Waals surface area contributed by atoms with Crippen molar-refractivity contribution in [2.45, 2.75) is 13.1 Å². The van der Waals surface area contributed by atoms with E-state index >= 15 is 0 Å². The van der Waals surface area contributed by atoms with Gasteiger partial charge < -0.3 is 10.6 Å². The zero-order valence-corrected chi connectivity index (χ0v) is 9.93. The van der Waals surface area contributed by atoms with E-state index in [0.29, 0.717) is 0 Å². The maximum Gasteiger partial charge on any atom is 0.101 e. The number of anilines is 2. The first-order valence-electron chi connectivity index (χ1n) is 5.89. The number of nitrogens with zero attached hydrogens (tertiary/aromatic N) is 2. The predicted molar refractivity (Wildman–Crippen MR) is 71.9 cm³/mol. The van der Waals surface area contributed by atoms with Crippen LogP contribution in [0.4, 0.5) is 11.4 Å². The Labute approximate surface area is 106 Å². The smallest absolute Gasteiger partial charge is 0.101 e. The molecule has 0 radical (unpaired) electrons. The molecule has 1 aliphatic heterocycles. The first-order valence-corrected chi connectivity index (χ1v) is 5.89. The molecule has 0 saturated heterocycles. The van der Waals surface area contributed by atoms with E-state index in [1.165, 1.54) is 11.1 Å². The fraction of sp³-hybridized carbons (Fsp3) is 0.133. The molecule has 1 heterocycles. The van der Waals surface area contributed by atoms with Crippen LogP contribution in [-0.2, 0) is 13.1 Å². The number of nitrogen functional groups attached to an aromatic ring is 1. The Morgan fingerprint density at radius 1 is 1.06 bits per heavy atom. The van der Waals surface area contributed by atoms with Crippen LogP contribution in [0.5, 0.6) is 0 Å². The zero-order valence-electron chi connectivity index (χ0n) is 9.93. The first-order chi connectivity index (χ1) is 8.78. The maximum atomic E-state index is 9.14. The van der Waals surface area contributed by atoms with Crippen molar-refractivity contribution in [1.29, 1.82) is 5.26 Å². The zero-order chi connectivity index (χ0) is 12.5. The summed E-state index contributed by atoms with van der Waals surface area (Å²) in [5.41, 5.74) is 10.9. The van der Waals surface area contributed by atoms with Crippen LogP contribution in [-0.4, -0.2) is 0 Å². The van der Waals surface area contributed by atoms with Gasteiger partial charge in [0.2, 0.25) is 0 Å². The van der Waals surface area contributed by atoms with E-state index in [2.05, 4.69) is 17.0 Å². The molecule has 0 amide bonds. The highest BCUT2D eigenvalue weighted by Gasteiger charge is 2.20. The Hall–Kier alpha value is -2.47. The molecule has 0 aliphatic carbocycles. The van der Waals surface area contributed by atoms with E-state index in [0.717, 1.165) is 30.0 Å². The van der Waals surface area contributed by atoms with Gasteiger partial charge in [-0.1, -0.05) is 18.2 Å². The monoisotopic (exact) mass is 235 g/mol. The molecular formula is C15H13N3. The second-order valence-electron chi connectivity index (χ2n) is 4.51. The van der Waals surface area contributed by atoms with Crippen LogP contribution in [0.3, 0.4) is 0 Å². The Balaban J connectivity index is 1.97. The molecule has 3 heteroatoms. The SMILES string of the molecule is N#Cc1ccccc1N1Cc2ccc(N)cc2C1. The van der Waals surface area contributed by atoms with Gasteiger partial charge in [-0.15, -0.1) is 0 Å². The molecule has 3 nitrogen and oxygen atoms in total. The molecule has 1 aliphatic rings. The molecule has 0 aromatic heterocycles. The number of rotatable bonds is 1. The lowest BCUT2D eigenvalue weighted by Crippen LogP contribution is -2.15. The van der Waals surface area contributed by atoms with Crippen molar-refractivity contribution in [1.82, 2.24) is 0 Å². The minimum absolute atomic E-state index is 0.721. The maximum absolute atomic E-state index is 9.14. The van der Waals surface area contributed by atoms with E-state index in [-0.39, 0.29) is 0 Å². The summed E-state index contributed by atoms with van der Waals surface area (Å²) >= 11 is 0. The summed E-state index contributed by atoms with van der Waals surface area (Å²) in [5, 5.41) is 9.14. The lowest BCUT2D eigenvalue weighted by Gasteiger charge is -2.18. The summed E-state index contributed by atoms with van der Waals surface area (Å²) in [6.45, 7) is 1.66. The van der Waals surface area contributed by atoms with Crippen LogP contribution in [0.1, 0.15) is 16.7 Å². The van der Waals surface area contributed by atoms with Gasteiger partial charge in [-0.2, -0.15) is 5.26 Å². The topological polar surface area (TPSA) is 53.0 Å². The van der Waals surface area contributed by atoms with E-state index in [1.807, 2.05) is 36.4 Å². The third-order valence-electron chi connectivity index (χ3n) is 3.32. The van der Waals surface area contributed by atoms with E-state index < -0.39 is 0 Å².